The molecule has 2 nitrogen and oxygen atoms in total. The molecule has 0 aromatic carbocycles. The van der Waals surface area contributed by atoms with Crippen LogP contribution in [0.2, 0.25) is 8.87 Å². The first kappa shape index (κ1) is 19.1. The van der Waals surface area contributed by atoms with Gasteiger partial charge in [0.05, 0.1) is 0 Å². The van der Waals surface area contributed by atoms with Crippen molar-refractivity contribution in [3.8, 4) is 0 Å². The molecular weight excluding hydrogens is 319 g/mol. The molecule has 0 heterocycles. The van der Waals surface area contributed by atoms with E-state index in [1.165, 1.54) is 31.8 Å². The van der Waals surface area contributed by atoms with Gasteiger partial charge in [-0.2, -0.15) is 0 Å². The Kier molecular flexibility index (Phi) is 20.4. The molecule has 0 aliphatic rings. The Hall–Kier alpha value is -0.251. The molecule has 1 N–H and O–H groups in total. The fourth-order valence-corrected chi connectivity index (χ4v) is 5.14. The molecule has 0 fully saturated rings. The van der Waals surface area contributed by atoms with E-state index in [1.54, 1.807) is 21.0 Å². The molecule has 0 rings (SSSR count). The van der Waals surface area contributed by atoms with Crippen molar-refractivity contribution in [1.82, 2.24) is 0 Å². The molecule has 98 valence electrons. The van der Waals surface area contributed by atoms with E-state index in [0.29, 0.717) is 0 Å². The second-order valence-corrected chi connectivity index (χ2v) is 7.96. The molecule has 2 radical (unpaired) electrons. The van der Waals surface area contributed by atoms with Crippen molar-refractivity contribution >= 4 is 27.1 Å². The predicted octanol–water partition coefficient (Wildman–Crippen LogP) is 4.33. The first-order valence-electron chi connectivity index (χ1n) is 6.42. The van der Waals surface area contributed by atoms with Gasteiger partial charge < -0.3 is 5.11 Å². The molecule has 0 atom stereocenters. The van der Waals surface area contributed by atoms with Crippen LogP contribution >= 0.6 is 0 Å². The van der Waals surface area contributed by atoms with Crippen molar-refractivity contribution in [2.24, 2.45) is 0 Å². The number of hydrogen-bond donors (Lipinski definition) is 1. The molecule has 17 heavy (non-hydrogen) atoms. The minimum atomic E-state index is -0.914. The fraction of sp³-hybridized carbons (Fsp3) is 0.643. The summed E-state index contributed by atoms with van der Waals surface area (Å²) < 4.78 is 3.25. The second kappa shape index (κ2) is 18.1. The van der Waals surface area contributed by atoms with Gasteiger partial charge in [0.25, 0.3) is 0 Å². The molecule has 0 spiro atoms. The average molecular weight is 345 g/mol. The molecule has 0 unspecified atom stereocenters. The van der Waals surface area contributed by atoms with Crippen LogP contribution in [0.25, 0.3) is 0 Å². The van der Waals surface area contributed by atoms with Gasteiger partial charge in [0.2, 0.25) is 0 Å². The molecule has 0 amide bonds. The van der Waals surface area contributed by atoms with Gasteiger partial charge in [0.1, 0.15) is 0 Å². The molecule has 0 saturated heterocycles. The summed E-state index contributed by atoms with van der Waals surface area (Å²) >= 11 is 0.149. The first-order chi connectivity index (χ1) is 8.18. The number of rotatable bonds is 8. The number of carbonyl (C=O) groups is 1. The maximum atomic E-state index is 9.75. The predicted molar refractivity (Wildman–Crippen MR) is 76.8 cm³/mol. The van der Waals surface area contributed by atoms with Crippen molar-refractivity contribution in [2.45, 2.75) is 55.3 Å². The van der Waals surface area contributed by atoms with Crippen LogP contribution < -0.4 is 0 Å². The van der Waals surface area contributed by atoms with Crippen LogP contribution in [-0.4, -0.2) is 32.2 Å². The molecule has 0 aromatic rings. The first-order valence-corrected chi connectivity index (χ1v) is 10.5. The summed E-state index contributed by atoms with van der Waals surface area (Å²) in [6.45, 7) is 6.41. The van der Waals surface area contributed by atoms with Crippen LogP contribution in [0.4, 0.5) is 0 Å². The van der Waals surface area contributed by atoms with Gasteiger partial charge in [-0.05, 0) is 6.92 Å². The van der Waals surface area contributed by atoms with Gasteiger partial charge in [-0.15, -0.1) is 0 Å². The summed E-state index contributed by atoms with van der Waals surface area (Å²) in [6, 6.07) is 0. The van der Waals surface area contributed by atoms with Crippen LogP contribution in [0.5, 0.6) is 0 Å². The molecule has 0 saturated carbocycles. The maximum absolute atomic E-state index is 9.75. The Bertz CT molecular complexity index is 204. The van der Waals surface area contributed by atoms with E-state index in [-0.39, 0.29) is 21.1 Å². The normalized spacial score (nSPS) is 10.5. The van der Waals surface area contributed by atoms with E-state index in [9.17, 15) is 4.79 Å². The van der Waals surface area contributed by atoms with Crippen molar-refractivity contribution < 1.29 is 9.90 Å². The number of unbranched alkanes of at least 4 members (excludes halogenated alkanes) is 2. The summed E-state index contributed by atoms with van der Waals surface area (Å²) in [6.07, 6.45) is 11.8. The molecule has 3 heteroatoms. The monoisotopic (exact) mass is 346 g/mol. The number of hydrogen-bond acceptors (Lipinski definition) is 1. The Morgan fingerprint density at radius 1 is 1.12 bits per heavy atom. The summed E-state index contributed by atoms with van der Waals surface area (Å²) in [5, 5.41) is 8.02. The van der Waals surface area contributed by atoms with E-state index >= 15 is 0 Å². The van der Waals surface area contributed by atoms with Crippen LogP contribution in [0.3, 0.4) is 0 Å². The zero-order chi connectivity index (χ0) is 13.4. The standard InChI is InChI=1S/C6H8O2.2C4H9.Sn/c1-2-3-4-5-6(7)8;2*1-3-4-2;/h2-5H,1H3,(H,7,8);2*1,3-4H2,2H3;/b3-2+,5-4+;;;. The summed E-state index contributed by atoms with van der Waals surface area (Å²) in [5.41, 5.74) is 0. The molecular formula is C14H26O2Sn. The van der Waals surface area contributed by atoms with Crippen LogP contribution in [0.1, 0.15) is 46.5 Å². The Morgan fingerprint density at radius 2 is 1.65 bits per heavy atom. The quantitative estimate of drug-likeness (QED) is 0.308. The zero-order valence-corrected chi connectivity index (χ0v) is 14.3. The second-order valence-electron chi connectivity index (χ2n) is 3.68. The van der Waals surface area contributed by atoms with E-state index in [0.717, 1.165) is 6.08 Å². The van der Waals surface area contributed by atoms with Crippen molar-refractivity contribution in [2.75, 3.05) is 0 Å². The van der Waals surface area contributed by atoms with Gasteiger partial charge in [-0.1, -0.05) is 18.2 Å². The topological polar surface area (TPSA) is 37.3 Å². The van der Waals surface area contributed by atoms with E-state index in [2.05, 4.69) is 13.8 Å². The van der Waals surface area contributed by atoms with Crippen molar-refractivity contribution in [3.63, 3.8) is 0 Å². The summed E-state index contributed by atoms with van der Waals surface area (Å²) in [4.78, 5) is 9.75. The molecule has 0 bridgehead atoms. The third kappa shape index (κ3) is 25.8. The molecule has 0 aliphatic heterocycles. The number of allylic oxidation sites excluding steroid dienone is 3. The number of aliphatic carboxylic acids is 1. The number of carboxylic acid groups (broad SMARTS) is 1. The van der Waals surface area contributed by atoms with E-state index in [4.69, 9.17) is 5.11 Å². The zero-order valence-electron chi connectivity index (χ0n) is 11.4. The van der Waals surface area contributed by atoms with E-state index < -0.39 is 5.97 Å². The Balaban J connectivity index is 0. The van der Waals surface area contributed by atoms with Gasteiger partial charge in [0, 0.05) is 6.08 Å². The molecule has 0 aliphatic carbocycles. The minimum absolute atomic E-state index is 0.149. The average Bonchev–Trinajstić information content (AvgIpc) is 2.30. The SMILES string of the molecule is C/C=C/C=C/C(=O)O.CCC[CH2][Sn][CH2]CCC. The van der Waals surface area contributed by atoms with Crippen LogP contribution in [0, 0.1) is 0 Å². The Morgan fingerprint density at radius 3 is 2.00 bits per heavy atom. The van der Waals surface area contributed by atoms with Crippen LogP contribution in [-0.2, 0) is 4.79 Å². The van der Waals surface area contributed by atoms with Gasteiger partial charge >= 0.3 is 75.5 Å². The fourth-order valence-electron chi connectivity index (χ4n) is 0.978. The van der Waals surface area contributed by atoms with Crippen LogP contribution in [0.15, 0.2) is 24.3 Å². The van der Waals surface area contributed by atoms with Gasteiger partial charge in [0.15, 0.2) is 0 Å². The Labute approximate surface area is 116 Å². The number of carboxylic acids is 1. The third-order valence-corrected chi connectivity index (χ3v) is 5.99. The summed E-state index contributed by atoms with van der Waals surface area (Å²) in [5.74, 6) is -0.914. The van der Waals surface area contributed by atoms with Gasteiger partial charge in [-0.25, -0.2) is 4.79 Å². The van der Waals surface area contributed by atoms with Crippen molar-refractivity contribution in [1.29, 1.82) is 0 Å². The van der Waals surface area contributed by atoms with E-state index in [1.807, 2.05) is 6.92 Å². The van der Waals surface area contributed by atoms with Crippen molar-refractivity contribution in [3.05, 3.63) is 24.3 Å². The third-order valence-electron chi connectivity index (χ3n) is 1.96. The molecule has 0 aromatic heterocycles. The van der Waals surface area contributed by atoms with Gasteiger partial charge in [-0.3, -0.25) is 0 Å². The summed E-state index contributed by atoms with van der Waals surface area (Å²) in [7, 11) is 0.